The molecule has 3 nitrogen and oxygen atoms in total. The predicted octanol–water partition coefficient (Wildman–Crippen LogP) is 2.71. The Morgan fingerprint density at radius 1 is 1.11 bits per heavy atom. The fourth-order valence-corrected chi connectivity index (χ4v) is 4.11. The first kappa shape index (κ1) is 15.3. The van der Waals surface area contributed by atoms with Crippen molar-refractivity contribution in [3.05, 3.63) is 0 Å². The Labute approximate surface area is 117 Å². The van der Waals surface area contributed by atoms with Gasteiger partial charge in [0.1, 0.15) is 0 Å². The molecule has 1 saturated carbocycles. The first-order valence-electron chi connectivity index (χ1n) is 7.83. The SMILES string of the molecule is CC(C)(C)C1CCC(O)(C2(CN)CCOCC2)CC1. The van der Waals surface area contributed by atoms with E-state index in [0.29, 0.717) is 12.0 Å². The largest absolute Gasteiger partial charge is 0.389 e. The summed E-state index contributed by atoms with van der Waals surface area (Å²) in [6, 6.07) is 0. The van der Waals surface area contributed by atoms with E-state index >= 15 is 0 Å². The molecule has 0 amide bonds. The van der Waals surface area contributed by atoms with Crippen LogP contribution in [0.25, 0.3) is 0 Å². The maximum Gasteiger partial charge on any atom is 0.0717 e. The first-order valence-corrected chi connectivity index (χ1v) is 7.83. The fraction of sp³-hybridized carbons (Fsp3) is 1.00. The van der Waals surface area contributed by atoms with E-state index in [-0.39, 0.29) is 5.41 Å². The molecule has 19 heavy (non-hydrogen) atoms. The Morgan fingerprint density at radius 2 is 1.63 bits per heavy atom. The van der Waals surface area contributed by atoms with E-state index < -0.39 is 5.60 Å². The molecule has 0 atom stereocenters. The van der Waals surface area contributed by atoms with Crippen LogP contribution in [0.2, 0.25) is 0 Å². The molecule has 0 unspecified atom stereocenters. The van der Waals surface area contributed by atoms with Gasteiger partial charge in [0.05, 0.1) is 5.60 Å². The molecule has 3 N–H and O–H groups in total. The highest BCUT2D eigenvalue weighted by molar-refractivity contribution is 5.03. The van der Waals surface area contributed by atoms with Gasteiger partial charge in [0.15, 0.2) is 0 Å². The molecule has 2 rings (SSSR count). The van der Waals surface area contributed by atoms with Crippen LogP contribution in [0.3, 0.4) is 0 Å². The van der Waals surface area contributed by atoms with E-state index in [1.54, 1.807) is 0 Å². The Morgan fingerprint density at radius 3 is 2.05 bits per heavy atom. The van der Waals surface area contributed by atoms with Crippen LogP contribution >= 0.6 is 0 Å². The summed E-state index contributed by atoms with van der Waals surface area (Å²) in [5.41, 5.74) is 5.75. The molecule has 0 radical (unpaired) electrons. The van der Waals surface area contributed by atoms with Gasteiger partial charge in [0.25, 0.3) is 0 Å². The standard InChI is InChI=1S/C16H31NO2/c1-14(2,3)13-4-6-16(18,7-5-13)15(12-17)8-10-19-11-9-15/h13,18H,4-12,17H2,1-3H3. The van der Waals surface area contributed by atoms with Gasteiger partial charge in [-0.1, -0.05) is 20.8 Å². The van der Waals surface area contributed by atoms with E-state index in [1.807, 2.05) is 0 Å². The van der Waals surface area contributed by atoms with Gasteiger partial charge in [0, 0.05) is 25.2 Å². The molecule has 3 heteroatoms. The van der Waals surface area contributed by atoms with Gasteiger partial charge in [-0.25, -0.2) is 0 Å². The number of hydrogen-bond acceptors (Lipinski definition) is 3. The Balaban J connectivity index is 2.08. The minimum absolute atomic E-state index is 0.103. The lowest BCUT2D eigenvalue weighted by atomic mass is 9.57. The second kappa shape index (κ2) is 5.34. The molecule has 0 aromatic rings. The predicted molar refractivity (Wildman–Crippen MR) is 77.9 cm³/mol. The summed E-state index contributed by atoms with van der Waals surface area (Å²) in [6.07, 6.45) is 5.91. The minimum atomic E-state index is -0.562. The van der Waals surface area contributed by atoms with Crippen molar-refractivity contribution < 1.29 is 9.84 Å². The zero-order chi connectivity index (χ0) is 14.1. The molecular weight excluding hydrogens is 238 g/mol. The first-order chi connectivity index (χ1) is 8.83. The Bertz CT molecular complexity index is 294. The highest BCUT2D eigenvalue weighted by atomic mass is 16.5. The summed E-state index contributed by atoms with van der Waals surface area (Å²) < 4.78 is 5.47. The number of rotatable bonds is 2. The van der Waals surface area contributed by atoms with Crippen LogP contribution in [0.5, 0.6) is 0 Å². The van der Waals surface area contributed by atoms with Crippen LogP contribution in [0, 0.1) is 16.7 Å². The van der Waals surface area contributed by atoms with Crippen molar-refractivity contribution in [2.24, 2.45) is 22.5 Å². The van der Waals surface area contributed by atoms with Crippen molar-refractivity contribution >= 4 is 0 Å². The van der Waals surface area contributed by atoms with Crippen LogP contribution in [-0.4, -0.2) is 30.5 Å². The lowest BCUT2D eigenvalue weighted by Gasteiger charge is -2.53. The number of aliphatic hydroxyl groups is 1. The van der Waals surface area contributed by atoms with Crippen LogP contribution in [-0.2, 0) is 4.74 Å². The molecule has 2 fully saturated rings. The van der Waals surface area contributed by atoms with Gasteiger partial charge < -0.3 is 15.6 Å². The Kier molecular flexibility index (Phi) is 4.29. The van der Waals surface area contributed by atoms with E-state index in [0.717, 1.165) is 57.7 Å². The molecule has 1 aliphatic carbocycles. The van der Waals surface area contributed by atoms with E-state index in [1.165, 1.54) is 0 Å². The molecule has 1 saturated heterocycles. The average Bonchev–Trinajstić information content (AvgIpc) is 2.39. The molecule has 112 valence electrons. The number of hydrogen-bond donors (Lipinski definition) is 2. The van der Waals surface area contributed by atoms with Crippen LogP contribution in [0.15, 0.2) is 0 Å². The summed E-state index contributed by atoms with van der Waals surface area (Å²) in [4.78, 5) is 0. The highest BCUT2D eigenvalue weighted by Crippen LogP contribution is 2.51. The molecule has 0 bridgehead atoms. The van der Waals surface area contributed by atoms with Crippen LogP contribution < -0.4 is 5.73 Å². The maximum absolute atomic E-state index is 11.2. The third kappa shape index (κ3) is 2.84. The van der Waals surface area contributed by atoms with Gasteiger partial charge in [-0.2, -0.15) is 0 Å². The van der Waals surface area contributed by atoms with Gasteiger partial charge >= 0.3 is 0 Å². The van der Waals surface area contributed by atoms with E-state index in [2.05, 4.69) is 20.8 Å². The highest BCUT2D eigenvalue weighted by Gasteiger charge is 2.51. The third-order valence-corrected chi connectivity index (χ3v) is 5.87. The molecule has 0 aromatic heterocycles. The zero-order valence-electron chi connectivity index (χ0n) is 12.9. The quantitative estimate of drug-likeness (QED) is 0.810. The summed E-state index contributed by atoms with van der Waals surface area (Å²) in [6.45, 7) is 9.04. The smallest absolute Gasteiger partial charge is 0.0717 e. The van der Waals surface area contributed by atoms with Crippen molar-refractivity contribution in [2.45, 2.75) is 64.9 Å². The van der Waals surface area contributed by atoms with Crippen molar-refractivity contribution in [3.8, 4) is 0 Å². The Hall–Kier alpha value is -0.120. The average molecular weight is 269 g/mol. The van der Waals surface area contributed by atoms with Gasteiger partial charge in [0.2, 0.25) is 0 Å². The summed E-state index contributed by atoms with van der Waals surface area (Å²) >= 11 is 0. The molecular formula is C16H31NO2. The van der Waals surface area contributed by atoms with Crippen molar-refractivity contribution in [1.29, 1.82) is 0 Å². The summed E-state index contributed by atoms with van der Waals surface area (Å²) in [5, 5.41) is 11.2. The van der Waals surface area contributed by atoms with Gasteiger partial charge in [-0.05, 0) is 49.9 Å². The lowest BCUT2D eigenvalue weighted by molar-refractivity contribution is -0.155. The molecule has 1 aliphatic heterocycles. The topological polar surface area (TPSA) is 55.5 Å². The second-order valence-corrected chi connectivity index (χ2v) is 7.77. The summed E-state index contributed by atoms with van der Waals surface area (Å²) in [7, 11) is 0. The van der Waals surface area contributed by atoms with Gasteiger partial charge in [-0.3, -0.25) is 0 Å². The molecule has 1 heterocycles. The van der Waals surface area contributed by atoms with E-state index in [9.17, 15) is 5.11 Å². The van der Waals surface area contributed by atoms with Crippen molar-refractivity contribution in [2.75, 3.05) is 19.8 Å². The molecule has 2 aliphatic rings. The third-order valence-electron chi connectivity index (χ3n) is 5.87. The van der Waals surface area contributed by atoms with Gasteiger partial charge in [-0.15, -0.1) is 0 Å². The monoisotopic (exact) mass is 269 g/mol. The summed E-state index contributed by atoms with van der Waals surface area (Å²) in [5.74, 6) is 0.724. The number of nitrogens with two attached hydrogens (primary N) is 1. The second-order valence-electron chi connectivity index (χ2n) is 7.77. The lowest BCUT2D eigenvalue weighted by Crippen LogP contribution is -2.57. The number of ether oxygens (including phenoxy) is 1. The van der Waals surface area contributed by atoms with Crippen molar-refractivity contribution in [1.82, 2.24) is 0 Å². The normalized spacial score (nSPS) is 36.2. The van der Waals surface area contributed by atoms with E-state index in [4.69, 9.17) is 10.5 Å². The van der Waals surface area contributed by atoms with Crippen LogP contribution in [0.1, 0.15) is 59.3 Å². The molecule has 0 spiro atoms. The molecule has 0 aromatic carbocycles. The maximum atomic E-state index is 11.2. The van der Waals surface area contributed by atoms with Crippen LogP contribution in [0.4, 0.5) is 0 Å². The zero-order valence-corrected chi connectivity index (χ0v) is 12.9. The fourth-order valence-electron chi connectivity index (χ4n) is 4.11. The van der Waals surface area contributed by atoms with Crippen molar-refractivity contribution in [3.63, 3.8) is 0 Å². The minimum Gasteiger partial charge on any atom is -0.389 e.